The number of hydrogen-bond acceptors (Lipinski definition) is 15. The predicted octanol–water partition coefficient (Wildman–Crippen LogP) is 3.12. The standard InChI is InChI=1S/C46H61N5O11/c1-21-13-12-14-22(2)44(58)47-36-35-34(48-46(49-35)28-17-50(9)18-29(46)20-51(10)19-28)31-32(40(36)56)39(55)26(6)42-33(31)43(57)45(8,62-42)60-16-15-30(59-11)23(3)41(61-27(7)52)25(5)38(54)24(4)37(21)53/h12-16,21,23-25,28-30,37-38,41,48,53-56H,17-20H2,1-11H3/b13-12+,16-15+,22-14-,47-36?/t21-,23+,24+,25+,28?,29?,30-,37-,38+,41+,45-,46?/m0/s1. The fourth-order valence-electron chi connectivity index (χ4n) is 10.4. The second-order valence-electron chi connectivity index (χ2n) is 18.4. The lowest BCUT2D eigenvalue weighted by atomic mass is 9.74. The van der Waals surface area contributed by atoms with Crippen LogP contribution in [0.2, 0.25) is 0 Å². The fraction of sp³-hybridized carbons (Fsp3) is 0.587. The smallest absolute Gasteiger partial charge is 0.312 e. The first kappa shape index (κ1) is 45.2. The second-order valence-corrected chi connectivity index (χ2v) is 18.4. The van der Waals surface area contributed by atoms with Gasteiger partial charge >= 0.3 is 11.8 Å². The number of aromatic hydroxyl groups is 2. The molecule has 0 unspecified atom stereocenters. The molecule has 1 spiro atoms. The van der Waals surface area contributed by atoms with Crippen LogP contribution in [-0.2, 0) is 23.8 Å². The van der Waals surface area contributed by atoms with E-state index in [0.29, 0.717) is 31.9 Å². The first-order chi connectivity index (χ1) is 29.1. The molecule has 16 nitrogen and oxygen atoms in total. The number of ether oxygens (including phenoxy) is 4. The number of nitrogens with zero attached hydrogens (tertiary/aromatic N) is 4. The Kier molecular flexibility index (Phi) is 12.2. The van der Waals surface area contributed by atoms with Crippen LogP contribution in [0.1, 0.15) is 64.4 Å². The Balaban J connectivity index is 1.45. The molecular formula is C46H61N5O11. The van der Waals surface area contributed by atoms with Gasteiger partial charge in [-0.25, -0.2) is 4.99 Å². The van der Waals surface area contributed by atoms with Gasteiger partial charge in [-0.3, -0.25) is 19.4 Å². The van der Waals surface area contributed by atoms with Crippen molar-refractivity contribution in [3.8, 4) is 17.2 Å². The molecule has 1 amide bonds. The number of aliphatic hydroxyl groups excluding tert-OH is 2. The third kappa shape index (κ3) is 7.46. The van der Waals surface area contributed by atoms with Crippen LogP contribution < -0.4 is 20.8 Å². The summed E-state index contributed by atoms with van der Waals surface area (Å²) in [5, 5.41) is 51.0. The number of phenolic OH excluding ortho intramolecular Hbond substituents is 2. The average Bonchev–Trinajstić information content (AvgIpc) is 3.73. The average molecular weight is 860 g/mol. The van der Waals surface area contributed by atoms with Crippen LogP contribution in [0.3, 0.4) is 0 Å². The first-order valence-electron chi connectivity index (χ1n) is 21.4. The second kappa shape index (κ2) is 16.7. The molecule has 2 aromatic carbocycles. The zero-order valence-electron chi connectivity index (χ0n) is 37.4. The van der Waals surface area contributed by atoms with E-state index in [9.17, 15) is 34.8 Å². The van der Waals surface area contributed by atoms with E-state index in [1.165, 1.54) is 27.2 Å². The zero-order valence-corrected chi connectivity index (χ0v) is 37.4. The number of amides is 1. The molecule has 16 heteroatoms. The van der Waals surface area contributed by atoms with Crippen molar-refractivity contribution in [1.82, 2.24) is 9.80 Å². The van der Waals surface area contributed by atoms with Gasteiger partial charge in [0, 0.05) is 99.2 Å². The van der Waals surface area contributed by atoms with E-state index < -0.39 is 82.9 Å². The number of phenols is 2. The van der Waals surface area contributed by atoms with Gasteiger partial charge in [-0.2, -0.15) is 0 Å². The normalized spacial score (nSPS) is 37.4. The Morgan fingerprint density at radius 3 is 2.13 bits per heavy atom. The number of Topliss-reactive ketones (excluding diaryl/α,β-unsaturated/α-hetero) is 1. The van der Waals surface area contributed by atoms with Crippen molar-refractivity contribution in [1.29, 1.82) is 0 Å². The number of ketones is 1. The van der Waals surface area contributed by atoms with Gasteiger partial charge in [-0.1, -0.05) is 45.9 Å². The molecule has 0 saturated carbocycles. The Labute approximate surface area is 361 Å². The molecule has 2 saturated heterocycles. The molecule has 2 fully saturated rings. The topological polar surface area (TPSA) is 212 Å². The first-order valence-corrected chi connectivity index (χ1v) is 21.4. The number of anilines is 1. The minimum Gasteiger partial charge on any atom is -0.507 e. The summed E-state index contributed by atoms with van der Waals surface area (Å²) in [7, 11) is 5.60. The number of benzene rings is 2. The van der Waals surface area contributed by atoms with Crippen LogP contribution in [0.15, 0.2) is 46.1 Å². The van der Waals surface area contributed by atoms with E-state index in [-0.39, 0.29) is 61.5 Å². The number of aliphatic hydroxyl groups is 2. The van der Waals surface area contributed by atoms with Crippen LogP contribution in [0, 0.1) is 42.4 Å². The number of rotatable bonds is 2. The van der Waals surface area contributed by atoms with Gasteiger partial charge in [-0.15, -0.1) is 0 Å². The molecule has 5 N–H and O–H groups in total. The molecule has 2 aromatic rings. The summed E-state index contributed by atoms with van der Waals surface area (Å²) >= 11 is 0. The summed E-state index contributed by atoms with van der Waals surface area (Å²) in [6.45, 7) is 15.7. The number of piperidine rings is 2. The molecule has 5 aliphatic heterocycles. The lowest BCUT2D eigenvalue weighted by molar-refractivity contribution is -0.160. The van der Waals surface area contributed by atoms with Gasteiger partial charge in [-0.05, 0) is 34.0 Å². The Hall–Kier alpha value is -4.87. The highest BCUT2D eigenvalue weighted by Gasteiger charge is 2.56. The van der Waals surface area contributed by atoms with Gasteiger partial charge in [0.15, 0.2) is 5.75 Å². The maximum Gasteiger partial charge on any atom is 0.312 e. The lowest BCUT2D eigenvalue weighted by Gasteiger charge is -2.54. The summed E-state index contributed by atoms with van der Waals surface area (Å²) in [5.41, 5.74) is -0.132. The molecule has 5 aliphatic rings. The summed E-state index contributed by atoms with van der Waals surface area (Å²) in [6, 6.07) is 0. The molecule has 6 bridgehead atoms. The number of methoxy groups -OCH3 is 1. The lowest BCUT2D eigenvalue weighted by Crippen LogP contribution is -2.67. The minimum atomic E-state index is -1.96. The van der Waals surface area contributed by atoms with E-state index in [2.05, 4.69) is 34.2 Å². The van der Waals surface area contributed by atoms with E-state index in [4.69, 9.17) is 23.9 Å². The molecule has 5 heterocycles. The van der Waals surface area contributed by atoms with Crippen LogP contribution in [0.4, 0.5) is 5.69 Å². The van der Waals surface area contributed by atoms with Gasteiger partial charge in [0.1, 0.15) is 34.0 Å². The molecule has 0 aliphatic carbocycles. The van der Waals surface area contributed by atoms with E-state index >= 15 is 0 Å². The van der Waals surface area contributed by atoms with Crippen molar-refractivity contribution in [2.75, 3.05) is 52.7 Å². The quantitative estimate of drug-likeness (QED) is 0.217. The van der Waals surface area contributed by atoms with Crippen LogP contribution in [0.5, 0.6) is 17.2 Å². The number of nitrogens with one attached hydrogen (secondary N) is 1. The highest BCUT2D eigenvalue weighted by molar-refractivity contribution is 6.21. The zero-order chi connectivity index (χ0) is 45.3. The monoisotopic (exact) mass is 859 g/mol. The highest BCUT2D eigenvalue weighted by Crippen LogP contribution is 2.52. The van der Waals surface area contributed by atoms with E-state index in [0.717, 1.165) is 0 Å². The third-order valence-corrected chi connectivity index (χ3v) is 13.9. The fourth-order valence-corrected chi connectivity index (χ4v) is 10.4. The van der Waals surface area contributed by atoms with Gasteiger partial charge in [0.2, 0.25) is 0 Å². The van der Waals surface area contributed by atoms with Gasteiger partial charge < -0.3 is 54.5 Å². The Bertz CT molecular complexity index is 2370. The summed E-state index contributed by atoms with van der Waals surface area (Å²) in [6.07, 6.45) is 3.92. The maximum atomic E-state index is 14.9. The predicted molar refractivity (Wildman–Crippen MR) is 229 cm³/mol. The van der Waals surface area contributed by atoms with Crippen LogP contribution in [-0.4, -0.2) is 131 Å². The summed E-state index contributed by atoms with van der Waals surface area (Å²) in [4.78, 5) is 55.6. The summed E-state index contributed by atoms with van der Waals surface area (Å²) < 4.78 is 24.1. The van der Waals surface area contributed by atoms with Gasteiger partial charge in [0.25, 0.3) is 11.7 Å². The van der Waals surface area contributed by atoms with Crippen molar-refractivity contribution in [2.24, 2.45) is 45.5 Å². The maximum absolute atomic E-state index is 14.9. The number of hydrogen-bond donors (Lipinski definition) is 5. The van der Waals surface area contributed by atoms with Gasteiger partial charge in [0.05, 0.1) is 41.2 Å². The number of carbonyl (C=O) groups is 3. The molecular weight excluding hydrogens is 799 g/mol. The van der Waals surface area contributed by atoms with Crippen molar-refractivity contribution >= 4 is 34.1 Å². The number of fused-ring (bicyclic) bond motifs is 1. The van der Waals surface area contributed by atoms with Crippen molar-refractivity contribution in [3.05, 3.63) is 58.0 Å². The molecule has 0 radical (unpaired) electrons. The SMILES string of the molecule is CO[C@H]1/C=C/O[C@@]2(C)Oc3c(C)c(O)c4c(O)c(c5c(c4c3C2=O)NC2(N=5)C3CN(C)CC2CN(C)C3)=NC(=O)/C(C)=C\C=C\[C@H](C)[C@H](O)[C@@H](C)[C@@H](O)[C@@H](C)[C@H](OC(C)=O)[C@@H]1C. The largest absolute Gasteiger partial charge is 0.507 e. The number of carbonyl (C=O) groups excluding carboxylic acids is 3. The van der Waals surface area contributed by atoms with Crippen molar-refractivity contribution in [3.63, 3.8) is 0 Å². The van der Waals surface area contributed by atoms with E-state index in [1.54, 1.807) is 65.8 Å². The highest BCUT2D eigenvalue weighted by atomic mass is 16.7. The molecule has 62 heavy (non-hydrogen) atoms. The summed E-state index contributed by atoms with van der Waals surface area (Å²) in [5.74, 6) is -7.13. The molecule has 7 rings (SSSR count). The van der Waals surface area contributed by atoms with Crippen molar-refractivity contribution in [2.45, 2.75) is 91.3 Å². The van der Waals surface area contributed by atoms with Crippen molar-refractivity contribution < 1.29 is 53.8 Å². The minimum absolute atomic E-state index is 0.0422. The molecule has 336 valence electrons. The third-order valence-electron chi connectivity index (χ3n) is 13.9. The van der Waals surface area contributed by atoms with Crippen LogP contribution >= 0.6 is 0 Å². The Morgan fingerprint density at radius 2 is 1.53 bits per heavy atom. The molecule has 0 aromatic heterocycles. The van der Waals surface area contributed by atoms with E-state index in [1.807, 2.05) is 0 Å². The Morgan fingerprint density at radius 1 is 0.903 bits per heavy atom. The number of likely N-dealkylation sites (tertiary alicyclic amines) is 2. The number of esters is 1. The van der Waals surface area contributed by atoms with Crippen LogP contribution in [0.25, 0.3) is 10.8 Å². The number of allylic oxidation sites excluding steroid dienone is 2. The molecule has 9 atom stereocenters.